The molecule has 0 aliphatic heterocycles. The Balaban J connectivity index is 0.00000420. The van der Waals surface area contributed by atoms with Crippen LogP contribution in [0.25, 0.3) is 0 Å². The van der Waals surface area contributed by atoms with Crippen LogP contribution in [-0.4, -0.2) is 55.1 Å². The van der Waals surface area contributed by atoms with E-state index in [0.717, 1.165) is 25.1 Å². The number of halogens is 1. The normalized spacial score (nSPS) is 12.1. The summed E-state index contributed by atoms with van der Waals surface area (Å²) in [4.78, 5) is 4.51. The van der Waals surface area contributed by atoms with Crippen LogP contribution in [0.4, 0.5) is 0 Å². The molecule has 162 valence electrons. The lowest BCUT2D eigenvalue weighted by molar-refractivity contribution is 0.410. The molecule has 0 fully saturated rings. The van der Waals surface area contributed by atoms with E-state index in [1.807, 2.05) is 42.9 Å². The second-order valence-corrected chi connectivity index (χ2v) is 8.73. The lowest BCUT2D eigenvalue weighted by atomic mass is 10.2. The van der Waals surface area contributed by atoms with E-state index < -0.39 is 10.0 Å². The second-order valence-electron chi connectivity index (χ2n) is 6.73. The number of guanidine groups is 1. The molecular formula is C19H31IN6O2S. The van der Waals surface area contributed by atoms with Gasteiger partial charge in [0.25, 0.3) is 0 Å². The number of hydrogen-bond donors (Lipinski definition) is 2. The van der Waals surface area contributed by atoms with Gasteiger partial charge in [0.15, 0.2) is 5.96 Å². The fraction of sp³-hybridized carbons (Fsp3) is 0.474. The van der Waals surface area contributed by atoms with Crippen molar-refractivity contribution < 1.29 is 8.42 Å². The van der Waals surface area contributed by atoms with Crippen LogP contribution in [0.2, 0.25) is 0 Å². The number of aromatic nitrogens is 2. The molecule has 0 aliphatic rings. The monoisotopic (exact) mass is 534 g/mol. The number of rotatable bonds is 9. The molecule has 1 heterocycles. The predicted octanol–water partition coefficient (Wildman–Crippen LogP) is 2.29. The number of sulfonamides is 1. The first-order valence-corrected chi connectivity index (χ1v) is 10.8. The van der Waals surface area contributed by atoms with Gasteiger partial charge >= 0.3 is 0 Å². The number of aliphatic imine (C=N–C) groups is 1. The minimum absolute atomic E-state index is 0. The zero-order valence-corrected chi connectivity index (χ0v) is 20.5. The molecule has 0 bridgehead atoms. The van der Waals surface area contributed by atoms with E-state index >= 15 is 0 Å². The van der Waals surface area contributed by atoms with Gasteiger partial charge in [-0.15, -0.1) is 24.0 Å². The minimum Gasteiger partial charge on any atom is -0.356 e. The van der Waals surface area contributed by atoms with E-state index in [4.69, 9.17) is 0 Å². The summed E-state index contributed by atoms with van der Waals surface area (Å²) < 4.78 is 28.3. The van der Waals surface area contributed by atoms with E-state index in [-0.39, 0.29) is 30.0 Å². The summed E-state index contributed by atoms with van der Waals surface area (Å²) in [7, 11) is -0.138. The molecule has 0 saturated carbocycles. The maximum Gasteiger partial charge on any atom is 0.243 e. The topological polar surface area (TPSA) is 91.6 Å². The van der Waals surface area contributed by atoms with E-state index in [2.05, 4.69) is 20.7 Å². The SMILES string of the molecule is CN=C(NCCCn1cccn1)NCc1ccc(S(=O)(=O)N(C)C(C)C)cc1.I. The number of benzene rings is 1. The molecule has 0 aliphatic carbocycles. The van der Waals surface area contributed by atoms with Crippen LogP contribution >= 0.6 is 24.0 Å². The van der Waals surface area contributed by atoms with Crippen molar-refractivity contribution >= 4 is 40.0 Å². The Kier molecular flexibility index (Phi) is 10.6. The molecule has 0 atom stereocenters. The fourth-order valence-corrected chi connectivity index (χ4v) is 3.88. The summed E-state index contributed by atoms with van der Waals surface area (Å²) in [6, 6.07) is 8.74. The third-order valence-electron chi connectivity index (χ3n) is 4.43. The zero-order chi connectivity index (χ0) is 20.6. The molecule has 1 aromatic heterocycles. The van der Waals surface area contributed by atoms with Crippen LogP contribution in [0.5, 0.6) is 0 Å². The Hall–Kier alpha value is -1.66. The predicted molar refractivity (Wildman–Crippen MR) is 127 cm³/mol. The molecular weight excluding hydrogens is 503 g/mol. The molecule has 8 nitrogen and oxygen atoms in total. The van der Waals surface area contributed by atoms with E-state index in [1.54, 1.807) is 32.4 Å². The van der Waals surface area contributed by atoms with Crippen LogP contribution < -0.4 is 10.6 Å². The molecule has 10 heteroatoms. The summed E-state index contributed by atoms with van der Waals surface area (Å²) in [6.45, 7) is 5.88. The number of hydrogen-bond acceptors (Lipinski definition) is 4. The maximum atomic E-state index is 12.5. The third-order valence-corrected chi connectivity index (χ3v) is 6.47. The third kappa shape index (κ3) is 7.59. The van der Waals surface area contributed by atoms with Gasteiger partial charge in [0.05, 0.1) is 4.90 Å². The smallest absolute Gasteiger partial charge is 0.243 e. The average Bonchev–Trinajstić information content (AvgIpc) is 3.20. The second kappa shape index (κ2) is 12.1. The summed E-state index contributed by atoms with van der Waals surface area (Å²) in [5.74, 6) is 0.705. The molecule has 1 aromatic carbocycles. The van der Waals surface area contributed by atoms with E-state index in [1.165, 1.54) is 4.31 Å². The highest BCUT2D eigenvalue weighted by Gasteiger charge is 2.22. The molecule has 2 rings (SSSR count). The van der Waals surface area contributed by atoms with Crippen molar-refractivity contribution in [1.82, 2.24) is 24.7 Å². The van der Waals surface area contributed by atoms with Crippen molar-refractivity contribution in [2.45, 2.75) is 44.3 Å². The Morgan fingerprint density at radius 2 is 1.93 bits per heavy atom. The van der Waals surface area contributed by atoms with Gasteiger partial charge in [-0.3, -0.25) is 9.67 Å². The summed E-state index contributed by atoms with van der Waals surface area (Å²) in [5.41, 5.74) is 0.977. The number of nitrogens with zero attached hydrogens (tertiary/aromatic N) is 4. The average molecular weight is 534 g/mol. The van der Waals surface area contributed by atoms with Crippen molar-refractivity contribution in [3.8, 4) is 0 Å². The van der Waals surface area contributed by atoms with Crippen molar-refractivity contribution in [3.05, 3.63) is 48.3 Å². The van der Waals surface area contributed by atoms with Gasteiger partial charge in [-0.05, 0) is 44.0 Å². The minimum atomic E-state index is -3.45. The Labute approximate surface area is 190 Å². The fourth-order valence-electron chi connectivity index (χ4n) is 2.51. The highest BCUT2D eigenvalue weighted by atomic mass is 127. The zero-order valence-electron chi connectivity index (χ0n) is 17.4. The van der Waals surface area contributed by atoms with Crippen molar-refractivity contribution in [3.63, 3.8) is 0 Å². The largest absolute Gasteiger partial charge is 0.356 e. The summed E-state index contributed by atoms with van der Waals surface area (Å²) >= 11 is 0. The number of aryl methyl sites for hydroxylation is 1. The first kappa shape index (κ1) is 25.4. The Morgan fingerprint density at radius 1 is 1.24 bits per heavy atom. The number of nitrogens with one attached hydrogen (secondary N) is 2. The first-order valence-electron chi connectivity index (χ1n) is 9.33. The van der Waals surface area contributed by atoms with Crippen molar-refractivity contribution in [2.75, 3.05) is 20.6 Å². The van der Waals surface area contributed by atoms with Gasteiger partial charge in [-0.25, -0.2) is 8.42 Å². The molecule has 0 unspecified atom stereocenters. The molecule has 0 radical (unpaired) electrons. The molecule has 2 aromatic rings. The molecule has 0 saturated heterocycles. The summed E-state index contributed by atoms with van der Waals surface area (Å²) in [6.07, 6.45) is 4.64. The van der Waals surface area contributed by atoms with E-state index in [9.17, 15) is 8.42 Å². The van der Waals surface area contributed by atoms with Crippen LogP contribution in [0, 0.1) is 0 Å². The lowest BCUT2D eigenvalue weighted by Gasteiger charge is -2.21. The first-order chi connectivity index (χ1) is 13.3. The molecule has 0 spiro atoms. The van der Waals surface area contributed by atoms with Gasteiger partial charge < -0.3 is 10.6 Å². The van der Waals surface area contributed by atoms with E-state index in [0.29, 0.717) is 17.4 Å². The van der Waals surface area contributed by atoms with Gasteiger partial charge in [-0.1, -0.05) is 12.1 Å². The van der Waals surface area contributed by atoms with Gasteiger partial charge in [-0.2, -0.15) is 9.40 Å². The highest BCUT2D eigenvalue weighted by molar-refractivity contribution is 14.0. The molecule has 2 N–H and O–H groups in total. The Bertz CT molecular complexity index is 851. The van der Waals surface area contributed by atoms with Gasteiger partial charge in [0, 0.05) is 52.2 Å². The lowest BCUT2D eigenvalue weighted by Crippen LogP contribution is -2.37. The van der Waals surface area contributed by atoms with Crippen LogP contribution in [0.15, 0.2) is 52.6 Å². The Morgan fingerprint density at radius 3 is 2.48 bits per heavy atom. The van der Waals surface area contributed by atoms with Crippen LogP contribution in [0.1, 0.15) is 25.8 Å². The van der Waals surface area contributed by atoms with Crippen LogP contribution in [-0.2, 0) is 23.1 Å². The van der Waals surface area contributed by atoms with Crippen molar-refractivity contribution in [2.24, 2.45) is 4.99 Å². The summed E-state index contributed by atoms with van der Waals surface area (Å²) in [5, 5.41) is 10.7. The molecule has 0 amide bonds. The van der Waals surface area contributed by atoms with Gasteiger partial charge in [0.2, 0.25) is 10.0 Å². The van der Waals surface area contributed by atoms with Gasteiger partial charge in [0.1, 0.15) is 0 Å². The maximum absolute atomic E-state index is 12.5. The molecule has 29 heavy (non-hydrogen) atoms. The van der Waals surface area contributed by atoms with Crippen molar-refractivity contribution in [1.29, 1.82) is 0 Å². The highest BCUT2D eigenvalue weighted by Crippen LogP contribution is 2.17. The van der Waals surface area contributed by atoms with Crippen LogP contribution in [0.3, 0.4) is 0 Å². The quantitative estimate of drug-likeness (QED) is 0.223. The standard InChI is InChI=1S/C19H30N6O2S.HI/c1-16(2)24(4)28(26,27)18-9-7-17(8-10-18)15-22-19(20-3)21-11-5-13-25-14-6-12-23-25;/h6-10,12,14,16H,5,11,13,15H2,1-4H3,(H2,20,21,22);1H.